The topological polar surface area (TPSA) is 79.8 Å². The van der Waals surface area contributed by atoms with Gasteiger partial charge < -0.3 is 19.3 Å². The van der Waals surface area contributed by atoms with Crippen molar-refractivity contribution in [1.82, 2.24) is 14.9 Å². The number of carbonyl (C=O) groups excluding carboxylic acids is 1. The Hall–Kier alpha value is -3.55. The number of aromatic nitrogens is 2. The summed E-state index contributed by atoms with van der Waals surface area (Å²) in [6.45, 7) is 4.61. The number of benzene rings is 2. The summed E-state index contributed by atoms with van der Waals surface area (Å²) >= 11 is 0. The molecule has 0 aliphatic carbocycles. The summed E-state index contributed by atoms with van der Waals surface area (Å²) in [4.78, 5) is 25.9. The molecule has 1 aromatic heterocycles. The number of methoxy groups -OCH3 is 2. The molecule has 30 heavy (non-hydrogen) atoms. The summed E-state index contributed by atoms with van der Waals surface area (Å²) in [6, 6.07) is 13.5. The molecule has 0 saturated carbocycles. The third-order valence-corrected chi connectivity index (χ3v) is 5.20. The number of hydrogen-bond acceptors (Lipinski definition) is 6. The number of ether oxygens (including phenoxy) is 2. The molecule has 0 atom stereocenters. The zero-order valence-electron chi connectivity index (χ0n) is 17.4. The van der Waals surface area contributed by atoms with E-state index in [9.17, 15) is 4.79 Å². The van der Waals surface area contributed by atoms with Crippen LogP contribution in [0.25, 0.3) is 11.0 Å². The number of piperazine rings is 1. The fraction of sp³-hybridized carbons (Fsp3) is 0.318. The van der Waals surface area contributed by atoms with Crippen molar-refractivity contribution < 1.29 is 14.3 Å². The Morgan fingerprint density at radius 2 is 1.73 bits per heavy atom. The minimum absolute atomic E-state index is 0.214. The van der Waals surface area contributed by atoms with Crippen LogP contribution in [0.5, 0.6) is 11.6 Å². The van der Waals surface area contributed by atoms with Crippen LogP contribution < -0.4 is 19.7 Å². The van der Waals surface area contributed by atoms with Gasteiger partial charge in [0.05, 0.1) is 30.9 Å². The molecule has 3 aromatic rings. The molecule has 1 fully saturated rings. The van der Waals surface area contributed by atoms with E-state index in [0.717, 1.165) is 22.5 Å². The first-order chi connectivity index (χ1) is 14.6. The maximum atomic E-state index is 12.8. The molecule has 1 N–H and O–H groups in total. The van der Waals surface area contributed by atoms with E-state index in [1.807, 2.05) is 49.4 Å². The standard InChI is InChI=1S/C22H25N5O3/c1-15-8-9-16-17(14-15)24-21(30-3)20(23-16)25-22(28)27-12-10-26(11-13-27)18-6-4-5-7-19(18)29-2/h4-9,14H,10-13H2,1-3H3,(H,23,25,28). The smallest absolute Gasteiger partial charge is 0.323 e. The molecule has 0 spiro atoms. The molecule has 0 radical (unpaired) electrons. The summed E-state index contributed by atoms with van der Waals surface area (Å²) in [5, 5.41) is 2.86. The van der Waals surface area contributed by atoms with Gasteiger partial charge in [0.2, 0.25) is 0 Å². The summed E-state index contributed by atoms with van der Waals surface area (Å²) in [7, 11) is 3.19. The van der Waals surface area contributed by atoms with Crippen LogP contribution >= 0.6 is 0 Å². The van der Waals surface area contributed by atoms with Crippen LogP contribution in [0.15, 0.2) is 42.5 Å². The SMILES string of the molecule is COc1ccccc1N1CCN(C(=O)Nc2nc3ccc(C)cc3nc2OC)CC1. The van der Waals surface area contributed by atoms with Gasteiger partial charge in [0.15, 0.2) is 5.82 Å². The van der Waals surface area contributed by atoms with Crippen molar-refractivity contribution in [2.45, 2.75) is 6.92 Å². The Bertz CT molecular complexity index is 1060. The third kappa shape index (κ3) is 3.94. The van der Waals surface area contributed by atoms with Crippen LogP contribution in [0.2, 0.25) is 0 Å². The van der Waals surface area contributed by atoms with Crippen LogP contribution in [0.4, 0.5) is 16.3 Å². The number of rotatable bonds is 4. The maximum Gasteiger partial charge on any atom is 0.323 e. The van der Waals surface area contributed by atoms with Gasteiger partial charge in [-0.25, -0.2) is 14.8 Å². The molecule has 4 rings (SSSR count). The van der Waals surface area contributed by atoms with Crippen molar-refractivity contribution in [2.75, 3.05) is 50.6 Å². The van der Waals surface area contributed by atoms with E-state index in [0.29, 0.717) is 43.4 Å². The lowest BCUT2D eigenvalue weighted by Gasteiger charge is -2.36. The van der Waals surface area contributed by atoms with Crippen molar-refractivity contribution in [3.05, 3.63) is 48.0 Å². The molecule has 2 heterocycles. The summed E-state index contributed by atoms with van der Waals surface area (Å²) in [5.41, 5.74) is 3.56. The first-order valence-electron chi connectivity index (χ1n) is 9.85. The number of anilines is 2. The highest BCUT2D eigenvalue weighted by Crippen LogP contribution is 2.29. The van der Waals surface area contributed by atoms with Gasteiger partial charge in [-0.3, -0.25) is 5.32 Å². The number of aryl methyl sites for hydroxylation is 1. The third-order valence-electron chi connectivity index (χ3n) is 5.20. The second-order valence-electron chi connectivity index (χ2n) is 7.15. The van der Waals surface area contributed by atoms with Crippen LogP contribution in [0, 0.1) is 6.92 Å². The van der Waals surface area contributed by atoms with Gasteiger partial charge in [0.25, 0.3) is 5.88 Å². The number of hydrogen-bond donors (Lipinski definition) is 1. The van der Waals surface area contributed by atoms with Crippen molar-refractivity contribution in [2.24, 2.45) is 0 Å². The Morgan fingerprint density at radius 1 is 0.967 bits per heavy atom. The molecule has 1 aliphatic heterocycles. The first kappa shape index (κ1) is 19.8. The van der Waals surface area contributed by atoms with E-state index < -0.39 is 0 Å². The molecule has 0 unspecified atom stereocenters. The van der Waals surface area contributed by atoms with Crippen molar-refractivity contribution in [1.29, 1.82) is 0 Å². The predicted molar refractivity (Wildman–Crippen MR) is 117 cm³/mol. The van der Waals surface area contributed by atoms with Gasteiger partial charge in [-0.15, -0.1) is 0 Å². The van der Waals surface area contributed by atoms with Crippen LogP contribution in [0.3, 0.4) is 0 Å². The predicted octanol–water partition coefficient (Wildman–Crippen LogP) is 3.31. The fourth-order valence-corrected chi connectivity index (χ4v) is 3.59. The lowest BCUT2D eigenvalue weighted by Crippen LogP contribution is -2.50. The van der Waals surface area contributed by atoms with Crippen LogP contribution in [0.1, 0.15) is 5.56 Å². The molecule has 1 aliphatic rings. The van der Waals surface area contributed by atoms with E-state index >= 15 is 0 Å². The second-order valence-corrected chi connectivity index (χ2v) is 7.15. The molecular formula is C22H25N5O3. The average Bonchev–Trinajstić information content (AvgIpc) is 2.78. The second kappa shape index (κ2) is 8.44. The van der Waals surface area contributed by atoms with Gasteiger partial charge in [-0.1, -0.05) is 18.2 Å². The molecule has 2 amide bonds. The molecule has 8 nitrogen and oxygen atoms in total. The lowest BCUT2D eigenvalue weighted by atomic mass is 10.2. The summed E-state index contributed by atoms with van der Waals surface area (Å²) in [6.07, 6.45) is 0. The van der Waals surface area contributed by atoms with Crippen molar-refractivity contribution >= 4 is 28.6 Å². The van der Waals surface area contributed by atoms with Crippen molar-refractivity contribution in [3.8, 4) is 11.6 Å². The van der Waals surface area contributed by atoms with Gasteiger partial charge in [0.1, 0.15) is 5.75 Å². The van der Waals surface area contributed by atoms with Crippen LogP contribution in [-0.4, -0.2) is 61.3 Å². The van der Waals surface area contributed by atoms with Gasteiger partial charge in [0, 0.05) is 26.2 Å². The Labute approximate surface area is 175 Å². The fourth-order valence-electron chi connectivity index (χ4n) is 3.59. The highest BCUT2D eigenvalue weighted by Gasteiger charge is 2.24. The lowest BCUT2D eigenvalue weighted by molar-refractivity contribution is 0.208. The maximum absolute atomic E-state index is 12.8. The van der Waals surface area contributed by atoms with E-state index in [1.165, 1.54) is 7.11 Å². The molecule has 8 heteroatoms. The van der Waals surface area contributed by atoms with E-state index in [2.05, 4.69) is 20.2 Å². The molecule has 156 valence electrons. The number of para-hydroxylation sites is 2. The Balaban J connectivity index is 1.45. The number of carbonyl (C=O) groups is 1. The Morgan fingerprint density at radius 3 is 2.47 bits per heavy atom. The Kier molecular flexibility index (Phi) is 5.56. The number of nitrogens with one attached hydrogen (secondary N) is 1. The van der Waals surface area contributed by atoms with E-state index in [4.69, 9.17) is 9.47 Å². The number of fused-ring (bicyclic) bond motifs is 1. The van der Waals surface area contributed by atoms with Crippen LogP contribution in [-0.2, 0) is 0 Å². The summed E-state index contributed by atoms with van der Waals surface area (Å²) < 4.78 is 10.8. The number of amides is 2. The van der Waals surface area contributed by atoms with Gasteiger partial charge in [-0.2, -0.15) is 0 Å². The van der Waals surface area contributed by atoms with E-state index in [-0.39, 0.29) is 6.03 Å². The molecule has 1 saturated heterocycles. The largest absolute Gasteiger partial charge is 0.495 e. The minimum Gasteiger partial charge on any atom is -0.495 e. The molecule has 0 bridgehead atoms. The monoisotopic (exact) mass is 407 g/mol. The highest BCUT2D eigenvalue weighted by atomic mass is 16.5. The van der Waals surface area contributed by atoms with Gasteiger partial charge in [-0.05, 0) is 36.8 Å². The van der Waals surface area contributed by atoms with E-state index in [1.54, 1.807) is 12.0 Å². The highest BCUT2D eigenvalue weighted by molar-refractivity contribution is 5.91. The first-order valence-corrected chi connectivity index (χ1v) is 9.85. The molecule has 2 aromatic carbocycles. The number of nitrogens with zero attached hydrogens (tertiary/aromatic N) is 4. The minimum atomic E-state index is -0.214. The number of urea groups is 1. The zero-order chi connectivity index (χ0) is 21.1. The zero-order valence-corrected chi connectivity index (χ0v) is 17.4. The molecular weight excluding hydrogens is 382 g/mol. The van der Waals surface area contributed by atoms with Gasteiger partial charge >= 0.3 is 6.03 Å². The quantitative estimate of drug-likeness (QED) is 0.715. The average molecular weight is 407 g/mol. The normalized spacial score (nSPS) is 14.0. The van der Waals surface area contributed by atoms with Crippen molar-refractivity contribution in [3.63, 3.8) is 0 Å². The summed E-state index contributed by atoms with van der Waals surface area (Å²) in [5.74, 6) is 1.46.